The molecule has 1 aromatic heterocycles. The molecule has 1 unspecified atom stereocenters. The minimum Gasteiger partial charge on any atom is -0.389 e. The fourth-order valence-corrected chi connectivity index (χ4v) is 3.70. The summed E-state index contributed by atoms with van der Waals surface area (Å²) < 4.78 is 26.9. The Morgan fingerprint density at radius 1 is 1.43 bits per heavy atom. The lowest BCUT2D eigenvalue weighted by atomic mass is 10.1. The average Bonchev–Trinajstić information content (AvgIpc) is 2.84. The van der Waals surface area contributed by atoms with Crippen LogP contribution >= 0.6 is 11.3 Å². The highest BCUT2D eigenvalue weighted by molar-refractivity contribution is 7.89. The van der Waals surface area contributed by atoms with E-state index < -0.39 is 16.1 Å². The summed E-state index contributed by atoms with van der Waals surface area (Å²) in [6.45, 7) is 3.81. The SMILES string of the molecule is Cc1csc(CCNS(=O)(=O)c2cccc(C(C)O)c2)n1. The fraction of sp³-hybridized carbons (Fsp3) is 0.357. The Hall–Kier alpha value is -1.28. The fourth-order valence-electron chi connectivity index (χ4n) is 1.83. The summed E-state index contributed by atoms with van der Waals surface area (Å²) in [5.41, 5.74) is 1.52. The Balaban J connectivity index is 2.03. The van der Waals surface area contributed by atoms with Crippen molar-refractivity contribution in [3.8, 4) is 0 Å². The number of benzene rings is 1. The molecule has 0 radical (unpaired) electrons. The molecule has 21 heavy (non-hydrogen) atoms. The quantitative estimate of drug-likeness (QED) is 0.851. The van der Waals surface area contributed by atoms with Crippen molar-refractivity contribution in [2.45, 2.75) is 31.3 Å². The summed E-state index contributed by atoms with van der Waals surface area (Å²) in [5, 5.41) is 12.4. The number of rotatable bonds is 6. The second kappa shape index (κ2) is 6.65. The predicted octanol–water partition coefficient (Wildman–Crippen LogP) is 2.03. The van der Waals surface area contributed by atoms with E-state index in [4.69, 9.17) is 0 Å². The van der Waals surface area contributed by atoms with Crippen LogP contribution in [0, 0.1) is 6.92 Å². The van der Waals surface area contributed by atoms with Gasteiger partial charge in [0.15, 0.2) is 0 Å². The van der Waals surface area contributed by atoms with Crippen molar-refractivity contribution >= 4 is 21.4 Å². The normalized spacial score (nSPS) is 13.3. The molecular formula is C14H18N2O3S2. The van der Waals surface area contributed by atoms with Crippen LogP contribution in [0.15, 0.2) is 34.5 Å². The number of sulfonamides is 1. The maximum Gasteiger partial charge on any atom is 0.240 e. The molecule has 0 aliphatic carbocycles. The first-order valence-corrected chi connectivity index (χ1v) is 8.93. The van der Waals surface area contributed by atoms with Crippen LogP contribution in [0.25, 0.3) is 0 Å². The highest BCUT2D eigenvalue weighted by Gasteiger charge is 2.15. The summed E-state index contributed by atoms with van der Waals surface area (Å²) in [4.78, 5) is 4.45. The first kappa shape index (κ1) is 16.1. The van der Waals surface area contributed by atoms with E-state index in [1.54, 1.807) is 19.1 Å². The summed E-state index contributed by atoms with van der Waals surface area (Å²) in [6.07, 6.45) is -0.133. The lowest BCUT2D eigenvalue weighted by molar-refractivity contribution is 0.199. The average molecular weight is 326 g/mol. The van der Waals surface area contributed by atoms with Crippen molar-refractivity contribution in [2.75, 3.05) is 6.54 Å². The summed E-state index contributed by atoms with van der Waals surface area (Å²) in [5.74, 6) is 0. The Morgan fingerprint density at radius 3 is 2.81 bits per heavy atom. The topological polar surface area (TPSA) is 79.3 Å². The first-order chi connectivity index (χ1) is 9.88. The molecule has 0 bridgehead atoms. The second-order valence-corrected chi connectivity index (χ2v) is 7.49. The van der Waals surface area contributed by atoms with Crippen molar-refractivity contribution in [2.24, 2.45) is 0 Å². The molecule has 0 aliphatic rings. The third-order valence-electron chi connectivity index (χ3n) is 2.95. The smallest absolute Gasteiger partial charge is 0.240 e. The molecule has 2 N–H and O–H groups in total. The molecule has 5 nitrogen and oxygen atoms in total. The lowest BCUT2D eigenvalue weighted by Crippen LogP contribution is -2.26. The van der Waals surface area contributed by atoms with E-state index >= 15 is 0 Å². The number of thiazole rings is 1. The van der Waals surface area contributed by atoms with Gasteiger partial charge in [0, 0.05) is 24.0 Å². The highest BCUT2D eigenvalue weighted by atomic mass is 32.2. The first-order valence-electron chi connectivity index (χ1n) is 6.57. The van der Waals surface area contributed by atoms with Crippen LogP contribution < -0.4 is 4.72 Å². The van der Waals surface area contributed by atoms with E-state index in [0.29, 0.717) is 18.5 Å². The van der Waals surface area contributed by atoms with Crippen molar-refractivity contribution in [1.82, 2.24) is 9.71 Å². The molecule has 2 aromatic rings. The number of nitrogens with zero attached hydrogens (tertiary/aromatic N) is 1. The zero-order chi connectivity index (χ0) is 15.5. The molecule has 7 heteroatoms. The van der Waals surface area contributed by atoms with Crippen LogP contribution in [0.1, 0.15) is 29.3 Å². The molecule has 1 heterocycles. The van der Waals surface area contributed by atoms with Gasteiger partial charge in [0.25, 0.3) is 0 Å². The van der Waals surface area contributed by atoms with Gasteiger partial charge in [0.2, 0.25) is 10.0 Å². The number of hydrogen-bond donors (Lipinski definition) is 2. The monoisotopic (exact) mass is 326 g/mol. The zero-order valence-electron chi connectivity index (χ0n) is 11.9. The van der Waals surface area contributed by atoms with E-state index in [0.717, 1.165) is 10.7 Å². The Kier molecular flexibility index (Phi) is 5.10. The van der Waals surface area contributed by atoms with Gasteiger partial charge in [0.05, 0.1) is 16.0 Å². The van der Waals surface area contributed by atoms with Crippen molar-refractivity contribution < 1.29 is 13.5 Å². The predicted molar refractivity (Wildman–Crippen MR) is 82.8 cm³/mol. The third-order valence-corrected chi connectivity index (χ3v) is 5.43. The molecule has 1 aromatic carbocycles. The Morgan fingerprint density at radius 2 is 2.19 bits per heavy atom. The number of aliphatic hydroxyl groups is 1. The standard InChI is InChI=1S/C14H18N2O3S2/c1-10-9-20-14(16-10)6-7-15-21(18,19)13-5-3-4-12(8-13)11(2)17/h3-5,8-9,11,15,17H,6-7H2,1-2H3. The van der Waals surface area contributed by atoms with Gasteiger partial charge in [-0.1, -0.05) is 12.1 Å². The van der Waals surface area contributed by atoms with Crippen LogP contribution in [0.5, 0.6) is 0 Å². The molecular weight excluding hydrogens is 308 g/mol. The maximum absolute atomic E-state index is 12.2. The number of aliphatic hydroxyl groups excluding tert-OH is 1. The molecule has 0 spiro atoms. The second-order valence-electron chi connectivity index (χ2n) is 4.78. The van der Waals surface area contributed by atoms with Crippen molar-refractivity contribution in [1.29, 1.82) is 0 Å². The molecule has 114 valence electrons. The van der Waals surface area contributed by atoms with Gasteiger partial charge in [-0.25, -0.2) is 18.1 Å². The van der Waals surface area contributed by atoms with E-state index in [1.807, 2.05) is 12.3 Å². The van der Waals surface area contributed by atoms with E-state index in [9.17, 15) is 13.5 Å². The molecule has 0 amide bonds. The molecule has 0 saturated carbocycles. The summed E-state index contributed by atoms with van der Waals surface area (Å²) in [7, 11) is -3.56. The summed E-state index contributed by atoms with van der Waals surface area (Å²) >= 11 is 1.52. The minimum absolute atomic E-state index is 0.163. The minimum atomic E-state index is -3.56. The largest absolute Gasteiger partial charge is 0.389 e. The molecule has 0 aliphatic heterocycles. The van der Waals surface area contributed by atoms with E-state index in [2.05, 4.69) is 9.71 Å². The number of nitrogens with one attached hydrogen (secondary N) is 1. The Labute approximate surface area is 128 Å². The summed E-state index contributed by atoms with van der Waals surface area (Å²) in [6, 6.07) is 6.32. The molecule has 2 rings (SSSR count). The molecule has 1 atom stereocenters. The van der Waals surface area contributed by atoms with Gasteiger partial charge in [0.1, 0.15) is 0 Å². The van der Waals surface area contributed by atoms with E-state index in [-0.39, 0.29) is 4.90 Å². The van der Waals surface area contributed by atoms with Crippen LogP contribution in [0.3, 0.4) is 0 Å². The van der Waals surface area contributed by atoms with Gasteiger partial charge in [-0.3, -0.25) is 0 Å². The van der Waals surface area contributed by atoms with Crippen LogP contribution in [-0.4, -0.2) is 25.1 Å². The third kappa shape index (κ3) is 4.34. The van der Waals surface area contributed by atoms with Gasteiger partial charge in [-0.05, 0) is 31.5 Å². The maximum atomic E-state index is 12.2. The zero-order valence-corrected chi connectivity index (χ0v) is 13.5. The lowest BCUT2D eigenvalue weighted by Gasteiger charge is -2.09. The van der Waals surface area contributed by atoms with Crippen LogP contribution in [0.4, 0.5) is 0 Å². The van der Waals surface area contributed by atoms with Crippen LogP contribution in [0.2, 0.25) is 0 Å². The number of hydrogen-bond acceptors (Lipinski definition) is 5. The number of aryl methyl sites for hydroxylation is 1. The Bertz CT molecular complexity index is 709. The molecule has 0 saturated heterocycles. The van der Waals surface area contributed by atoms with Gasteiger partial charge >= 0.3 is 0 Å². The van der Waals surface area contributed by atoms with Crippen LogP contribution in [-0.2, 0) is 16.4 Å². The van der Waals surface area contributed by atoms with E-state index in [1.165, 1.54) is 23.5 Å². The van der Waals surface area contributed by atoms with Gasteiger partial charge < -0.3 is 5.11 Å². The number of aromatic nitrogens is 1. The van der Waals surface area contributed by atoms with Gasteiger partial charge in [-0.2, -0.15) is 0 Å². The van der Waals surface area contributed by atoms with Gasteiger partial charge in [-0.15, -0.1) is 11.3 Å². The van der Waals surface area contributed by atoms with Crippen molar-refractivity contribution in [3.05, 3.63) is 45.9 Å². The molecule has 0 fully saturated rings. The van der Waals surface area contributed by atoms with Crippen molar-refractivity contribution in [3.63, 3.8) is 0 Å². The highest BCUT2D eigenvalue weighted by Crippen LogP contribution is 2.17.